The van der Waals surface area contributed by atoms with Crippen LogP contribution in [0, 0.1) is 0 Å². The maximum Gasteiger partial charge on any atom is 0.193 e. The van der Waals surface area contributed by atoms with Crippen molar-refractivity contribution < 1.29 is 4.74 Å². The Labute approximate surface area is 137 Å². The van der Waals surface area contributed by atoms with Crippen LogP contribution in [0.3, 0.4) is 0 Å². The standard InChI is InChI=1S/C16H28N4OS/c1-5-21-14-6-8-20(9-7-14)16(17-4)18-10-13-11-22-15(19-13)12(2)3/h11-12,14H,5-10H2,1-4H3,(H,17,18). The van der Waals surface area contributed by atoms with Crippen LogP contribution in [0.2, 0.25) is 0 Å². The van der Waals surface area contributed by atoms with E-state index in [0.29, 0.717) is 12.0 Å². The van der Waals surface area contributed by atoms with Crippen LogP contribution < -0.4 is 5.32 Å². The van der Waals surface area contributed by atoms with Crippen LogP contribution in [-0.2, 0) is 11.3 Å². The summed E-state index contributed by atoms with van der Waals surface area (Å²) in [5.74, 6) is 1.46. The third-order valence-corrected chi connectivity index (χ3v) is 5.04. The minimum absolute atomic E-state index is 0.409. The van der Waals surface area contributed by atoms with Gasteiger partial charge in [0, 0.05) is 38.0 Å². The normalized spacial score (nSPS) is 17.3. The molecule has 0 aromatic carbocycles. The molecule has 0 atom stereocenters. The minimum Gasteiger partial charge on any atom is -0.378 e. The van der Waals surface area contributed by atoms with Crippen molar-refractivity contribution in [3.8, 4) is 0 Å². The van der Waals surface area contributed by atoms with Gasteiger partial charge in [-0.25, -0.2) is 4.98 Å². The molecule has 0 spiro atoms. The molecule has 124 valence electrons. The maximum absolute atomic E-state index is 5.70. The molecule has 1 N–H and O–H groups in total. The molecule has 5 nitrogen and oxygen atoms in total. The summed E-state index contributed by atoms with van der Waals surface area (Å²) in [5, 5.41) is 6.77. The van der Waals surface area contributed by atoms with Gasteiger partial charge in [0.05, 0.1) is 23.4 Å². The van der Waals surface area contributed by atoms with Gasteiger partial charge in [0.25, 0.3) is 0 Å². The predicted octanol–water partition coefficient (Wildman–Crippen LogP) is 2.84. The van der Waals surface area contributed by atoms with Gasteiger partial charge in [-0.1, -0.05) is 13.8 Å². The Morgan fingerprint density at radius 2 is 2.23 bits per heavy atom. The third kappa shape index (κ3) is 4.68. The molecule has 1 aliphatic heterocycles. The second kappa shape index (κ2) is 8.48. The van der Waals surface area contributed by atoms with Crippen molar-refractivity contribution in [3.63, 3.8) is 0 Å². The number of likely N-dealkylation sites (tertiary alicyclic amines) is 1. The van der Waals surface area contributed by atoms with E-state index in [9.17, 15) is 0 Å². The molecule has 1 aromatic rings. The Kier molecular flexibility index (Phi) is 6.64. The number of piperidine rings is 1. The molecule has 1 aromatic heterocycles. The van der Waals surface area contributed by atoms with Gasteiger partial charge in [0.15, 0.2) is 5.96 Å². The average Bonchev–Trinajstić information content (AvgIpc) is 2.99. The number of aliphatic imine (C=N–C) groups is 1. The number of thiazole rings is 1. The summed E-state index contributed by atoms with van der Waals surface area (Å²) in [6.07, 6.45) is 2.55. The molecule has 1 fully saturated rings. The highest BCUT2D eigenvalue weighted by atomic mass is 32.1. The summed E-state index contributed by atoms with van der Waals surface area (Å²) in [5.41, 5.74) is 1.10. The maximum atomic E-state index is 5.70. The lowest BCUT2D eigenvalue weighted by molar-refractivity contribution is 0.0263. The number of guanidine groups is 1. The lowest BCUT2D eigenvalue weighted by Crippen LogP contribution is -2.46. The van der Waals surface area contributed by atoms with E-state index < -0.39 is 0 Å². The van der Waals surface area contributed by atoms with Crippen LogP contribution in [0.25, 0.3) is 0 Å². The van der Waals surface area contributed by atoms with Gasteiger partial charge in [-0.3, -0.25) is 4.99 Å². The second-order valence-corrected chi connectivity index (χ2v) is 6.76. The molecule has 0 saturated carbocycles. The Bertz CT molecular complexity index is 478. The van der Waals surface area contributed by atoms with Crippen LogP contribution in [0.15, 0.2) is 10.4 Å². The zero-order valence-electron chi connectivity index (χ0n) is 14.1. The van der Waals surface area contributed by atoms with Crippen molar-refractivity contribution in [2.75, 3.05) is 26.7 Å². The van der Waals surface area contributed by atoms with Crippen LogP contribution in [0.5, 0.6) is 0 Å². The second-order valence-electron chi connectivity index (χ2n) is 5.87. The topological polar surface area (TPSA) is 49.8 Å². The van der Waals surface area contributed by atoms with Crippen molar-refractivity contribution in [3.05, 3.63) is 16.1 Å². The van der Waals surface area contributed by atoms with Gasteiger partial charge in [-0.05, 0) is 19.8 Å². The van der Waals surface area contributed by atoms with Crippen molar-refractivity contribution in [1.82, 2.24) is 15.2 Å². The van der Waals surface area contributed by atoms with E-state index in [4.69, 9.17) is 4.74 Å². The van der Waals surface area contributed by atoms with E-state index in [2.05, 4.69) is 46.3 Å². The van der Waals surface area contributed by atoms with E-state index in [-0.39, 0.29) is 0 Å². The van der Waals surface area contributed by atoms with Gasteiger partial charge < -0.3 is 15.0 Å². The van der Waals surface area contributed by atoms with Crippen LogP contribution in [-0.4, -0.2) is 48.7 Å². The lowest BCUT2D eigenvalue weighted by Gasteiger charge is -2.33. The highest BCUT2D eigenvalue weighted by Crippen LogP contribution is 2.19. The van der Waals surface area contributed by atoms with E-state index in [1.54, 1.807) is 11.3 Å². The van der Waals surface area contributed by atoms with Gasteiger partial charge in [0.2, 0.25) is 0 Å². The number of ether oxygens (including phenoxy) is 1. The average molecular weight is 324 g/mol. The first-order chi connectivity index (χ1) is 10.6. The molecular formula is C16H28N4OS. The van der Waals surface area contributed by atoms with Crippen molar-refractivity contribution in [1.29, 1.82) is 0 Å². The summed E-state index contributed by atoms with van der Waals surface area (Å²) < 4.78 is 5.70. The summed E-state index contributed by atoms with van der Waals surface area (Å²) in [7, 11) is 1.84. The fourth-order valence-electron chi connectivity index (χ4n) is 2.64. The SMILES string of the molecule is CCOC1CCN(C(=NC)NCc2csc(C(C)C)n2)CC1. The molecule has 0 amide bonds. The molecule has 0 aliphatic carbocycles. The number of nitrogens with one attached hydrogen (secondary N) is 1. The number of aromatic nitrogens is 1. The van der Waals surface area contributed by atoms with Gasteiger partial charge in [0.1, 0.15) is 0 Å². The Morgan fingerprint density at radius 3 is 2.77 bits per heavy atom. The van der Waals surface area contributed by atoms with E-state index in [1.165, 1.54) is 5.01 Å². The van der Waals surface area contributed by atoms with Gasteiger partial charge in [-0.15, -0.1) is 11.3 Å². The molecule has 2 heterocycles. The van der Waals surface area contributed by atoms with Crippen LogP contribution >= 0.6 is 11.3 Å². The highest BCUT2D eigenvalue weighted by molar-refractivity contribution is 7.09. The lowest BCUT2D eigenvalue weighted by atomic mass is 10.1. The van der Waals surface area contributed by atoms with Crippen LogP contribution in [0.4, 0.5) is 0 Å². The Morgan fingerprint density at radius 1 is 1.50 bits per heavy atom. The number of hydrogen-bond donors (Lipinski definition) is 1. The molecule has 6 heteroatoms. The molecule has 1 aliphatic rings. The fourth-order valence-corrected chi connectivity index (χ4v) is 3.48. The third-order valence-electron chi connectivity index (χ3n) is 3.85. The molecule has 0 bridgehead atoms. The zero-order chi connectivity index (χ0) is 15.9. The molecule has 0 radical (unpaired) electrons. The highest BCUT2D eigenvalue weighted by Gasteiger charge is 2.21. The predicted molar refractivity (Wildman–Crippen MR) is 92.6 cm³/mol. The van der Waals surface area contributed by atoms with Crippen molar-refractivity contribution >= 4 is 17.3 Å². The molecule has 1 saturated heterocycles. The van der Waals surface area contributed by atoms with E-state index in [0.717, 1.165) is 50.7 Å². The fraction of sp³-hybridized carbons (Fsp3) is 0.750. The van der Waals surface area contributed by atoms with E-state index in [1.807, 2.05) is 7.05 Å². The first-order valence-corrected chi connectivity index (χ1v) is 9.03. The van der Waals surface area contributed by atoms with Gasteiger partial charge in [-0.2, -0.15) is 0 Å². The summed E-state index contributed by atoms with van der Waals surface area (Å²) >= 11 is 1.74. The zero-order valence-corrected chi connectivity index (χ0v) is 14.9. The van der Waals surface area contributed by atoms with Gasteiger partial charge >= 0.3 is 0 Å². The smallest absolute Gasteiger partial charge is 0.193 e. The minimum atomic E-state index is 0.409. The number of rotatable bonds is 5. The molecule has 0 unspecified atom stereocenters. The largest absolute Gasteiger partial charge is 0.378 e. The van der Waals surface area contributed by atoms with Crippen molar-refractivity contribution in [2.45, 2.75) is 52.2 Å². The molecule has 2 rings (SSSR count). The van der Waals surface area contributed by atoms with Crippen LogP contribution in [0.1, 0.15) is 50.2 Å². The first kappa shape index (κ1) is 17.2. The quantitative estimate of drug-likeness (QED) is 0.668. The molecule has 22 heavy (non-hydrogen) atoms. The Hall–Kier alpha value is -1.14. The summed E-state index contributed by atoms with van der Waals surface area (Å²) in [4.78, 5) is 11.4. The van der Waals surface area contributed by atoms with Crippen molar-refractivity contribution in [2.24, 2.45) is 4.99 Å². The van der Waals surface area contributed by atoms with E-state index >= 15 is 0 Å². The first-order valence-electron chi connectivity index (χ1n) is 8.15. The number of nitrogens with zero attached hydrogens (tertiary/aromatic N) is 3. The number of hydrogen-bond acceptors (Lipinski definition) is 4. The molecular weight excluding hydrogens is 296 g/mol. The monoisotopic (exact) mass is 324 g/mol. The summed E-state index contributed by atoms with van der Waals surface area (Å²) in [6.45, 7) is 9.96. The summed E-state index contributed by atoms with van der Waals surface area (Å²) in [6, 6.07) is 0. The Balaban J connectivity index is 1.82.